The highest BCUT2D eigenvalue weighted by Crippen LogP contribution is 2.02. The number of rotatable bonds is 1. The summed E-state index contributed by atoms with van der Waals surface area (Å²) in [6.07, 6.45) is 2.38. The van der Waals surface area contributed by atoms with E-state index in [9.17, 15) is 0 Å². The minimum Gasteiger partial charge on any atom is -0.395 e. The molecule has 0 saturated carbocycles. The van der Waals surface area contributed by atoms with Gasteiger partial charge in [0.25, 0.3) is 0 Å². The summed E-state index contributed by atoms with van der Waals surface area (Å²) in [5.41, 5.74) is 0. The fourth-order valence-electron chi connectivity index (χ4n) is 0.913. The molecule has 0 aliphatic carbocycles. The van der Waals surface area contributed by atoms with Crippen molar-refractivity contribution < 1.29 is 6.53 Å². The molecule has 0 aromatic rings. The lowest BCUT2D eigenvalue weighted by atomic mass is 10.2. The Kier molecular flexibility index (Phi) is 1.65. The molecule has 1 aliphatic rings. The molecule has 0 amide bonds. The van der Waals surface area contributed by atoms with Gasteiger partial charge in [-0.2, -0.15) is 0 Å². The zero-order valence-electron chi connectivity index (χ0n) is 4.35. The molecule has 1 aliphatic heterocycles. The summed E-state index contributed by atoms with van der Waals surface area (Å²) in [7, 11) is 0. The van der Waals surface area contributed by atoms with Crippen LogP contribution in [0.3, 0.4) is 0 Å². The summed E-state index contributed by atoms with van der Waals surface area (Å²) in [5.74, 6) is 0. The molecule has 0 aromatic carbocycles. The molecule has 1 heterocycles. The van der Waals surface area contributed by atoms with Crippen LogP contribution in [0.5, 0.6) is 0 Å². The lowest BCUT2D eigenvalue weighted by molar-refractivity contribution is 0.255. The molecule has 0 bridgehead atoms. The van der Waals surface area contributed by atoms with Gasteiger partial charge in [0.15, 0.2) is 0 Å². The summed E-state index contributed by atoms with van der Waals surface area (Å²) in [6, 6.07) is 0.403. The van der Waals surface area contributed by atoms with E-state index in [0.29, 0.717) is 12.6 Å². The smallest absolute Gasteiger partial charge is 0.0584 e. The molecule has 1 fully saturated rings. The lowest BCUT2D eigenvalue weighted by Crippen LogP contribution is -2.24. The van der Waals surface area contributed by atoms with Crippen molar-refractivity contribution in [1.29, 1.82) is 0 Å². The van der Waals surface area contributed by atoms with E-state index < -0.39 is 0 Å². The maximum Gasteiger partial charge on any atom is 0.0584 e. The van der Waals surface area contributed by atoms with Crippen molar-refractivity contribution in [3.05, 3.63) is 0 Å². The van der Waals surface area contributed by atoms with Crippen LogP contribution in [-0.4, -0.2) is 24.3 Å². The fourth-order valence-corrected chi connectivity index (χ4v) is 0.913. The Hall–Kier alpha value is -0.0800. The second-order valence-electron chi connectivity index (χ2n) is 1.98. The number of nitrogens with one attached hydrogen (secondary N) is 1. The largest absolute Gasteiger partial charge is 0.395 e. The highest BCUT2D eigenvalue weighted by atomic mass is 16.3. The molecule has 0 radical (unpaired) electrons. The zero-order chi connectivity index (χ0) is 5.11. The van der Waals surface area contributed by atoms with Gasteiger partial charge in [-0.15, -0.1) is 0 Å². The lowest BCUT2D eigenvalue weighted by Gasteiger charge is -2.01. The summed E-state index contributed by atoms with van der Waals surface area (Å²) in [5, 5.41) is 11.7. The summed E-state index contributed by atoms with van der Waals surface area (Å²) >= 11 is 0. The van der Waals surface area contributed by atoms with Crippen LogP contribution in [0.2, 0.25) is 0 Å². The zero-order valence-corrected chi connectivity index (χ0v) is 4.35. The minimum absolute atomic E-state index is 0. The topological polar surface area (TPSA) is 32.3 Å². The van der Waals surface area contributed by atoms with E-state index in [0.717, 1.165) is 13.0 Å². The van der Waals surface area contributed by atoms with Crippen molar-refractivity contribution in [1.82, 2.24) is 5.32 Å². The first-order chi connectivity index (χ1) is 3.43. The van der Waals surface area contributed by atoms with Crippen molar-refractivity contribution in [3.8, 4) is 0 Å². The van der Waals surface area contributed by atoms with E-state index in [1.54, 1.807) is 0 Å². The van der Waals surface area contributed by atoms with Gasteiger partial charge in [0.2, 0.25) is 0 Å². The van der Waals surface area contributed by atoms with Crippen LogP contribution in [0.1, 0.15) is 14.3 Å². The van der Waals surface area contributed by atoms with E-state index in [1.165, 1.54) is 6.42 Å². The molecule has 1 rings (SSSR count). The quantitative estimate of drug-likeness (QED) is 0.488. The van der Waals surface area contributed by atoms with Crippen molar-refractivity contribution in [2.75, 3.05) is 13.2 Å². The molecule has 44 valence electrons. The summed E-state index contributed by atoms with van der Waals surface area (Å²) in [4.78, 5) is 0. The fraction of sp³-hybridized carbons (Fsp3) is 1.00. The van der Waals surface area contributed by atoms with E-state index in [-0.39, 0.29) is 1.43 Å². The molecule has 0 spiro atoms. The van der Waals surface area contributed by atoms with Gasteiger partial charge in [0.05, 0.1) is 6.61 Å². The van der Waals surface area contributed by atoms with Crippen molar-refractivity contribution >= 4 is 0 Å². The molecule has 1 atom stereocenters. The molecule has 1 saturated heterocycles. The van der Waals surface area contributed by atoms with Gasteiger partial charge in [-0.3, -0.25) is 0 Å². The predicted molar refractivity (Wildman–Crippen MR) is 30.2 cm³/mol. The Morgan fingerprint density at radius 1 is 1.86 bits per heavy atom. The van der Waals surface area contributed by atoms with Crippen LogP contribution < -0.4 is 5.32 Å². The van der Waals surface area contributed by atoms with E-state index >= 15 is 0 Å². The number of hydrogen-bond acceptors (Lipinski definition) is 2. The monoisotopic (exact) mass is 103 g/mol. The van der Waals surface area contributed by atoms with E-state index in [2.05, 4.69) is 5.32 Å². The third kappa shape index (κ3) is 1.14. The van der Waals surface area contributed by atoms with E-state index in [1.807, 2.05) is 0 Å². The third-order valence-corrected chi connectivity index (χ3v) is 1.38. The maximum absolute atomic E-state index is 8.50. The van der Waals surface area contributed by atoms with Gasteiger partial charge >= 0.3 is 0 Å². The normalized spacial score (nSPS) is 31.3. The summed E-state index contributed by atoms with van der Waals surface area (Å²) < 4.78 is 0. The molecular formula is C5H13NO. The first-order valence-corrected chi connectivity index (χ1v) is 2.77. The molecule has 2 N–H and O–H groups in total. The standard InChI is InChI=1S/C5H11NO.H2/c7-4-5-2-1-3-6-5;/h5-7H,1-4H2;1H/t5-;/m1./s1. The average Bonchev–Trinajstić information content (AvgIpc) is 2.14. The summed E-state index contributed by atoms with van der Waals surface area (Å²) in [6.45, 7) is 1.39. The minimum atomic E-state index is 0. The number of hydrogen-bond donors (Lipinski definition) is 2. The van der Waals surface area contributed by atoms with Gasteiger partial charge in [0, 0.05) is 7.47 Å². The molecule has 0 aromatic heterocycles. The Balaban J connectivity index is 0.000000490. The maximum atomic E-state index is 8.50. The van der Waals surface area contributed by atoms with Crippen LogP contribution in [0.15, 0.2) is 0 Å². The van der Waals surface area contributed by atoms with Gasteiger partial charge in [-0.1, -0.05) is 0 Å². The van der Waals surface area contributed by atoms with Gasteiger partial charge in [-0.05, 0) is 19.4 Å². The predicted octanol–water partition coefficient (Wildman–Crippen LogP) is -0.0233. The molecule has 7 heavy (non-hydrogen) atoms. The first-order valence-electron chi connectivity index (χ1n) is 2.77. The third-order valence-electron chi connectivity index (χ3n) is 1.38. The molecule has 2 nitrogen and oxygen atoms in total. The Labute approximate surface area is 45.0 Å². The van der Waals surface area contributed by atoms with Crippen LogP contribution in [0.25, 0.3) is 0 Å². The first kappa shape index (κ1) is 5.06. The van der Waals surface area contributed by atoms with Crippen LogP contribution >= 0.6 is 0 Å². The highest BCUT2D eigenvalue weighted by molar-refractivity contribution is 4.71. The van der Waals surface area contributed by atoms with Crippen molar-refractivity contribution in [3.63, 3.8) is 0 Å². The second kappa shape index (κ2) is 2.28. The number of aliphatic hydroxyl groups is 1. The number of aliphatic hydroxyl groups excluding tert-OH is 1. The second-order valence-corrected chi connectivity index (χ2v) is 1.98. The SMILES string of the molecule is OC[C@H]1CCCN1.[HH]. The molecular weight excluding hydrogens is 90.1 g/mol. The van der Waals surface area contributed by atoms with Crippen LogP contribution in [0.4, 0.5) is 0 Å². The Bertz CT molecular complexity index is 54.4. The van der Waals surface area contributed by atoms with Crippen LogP contribution in [-0.2, 0) is 0 Å². The molecule has 2 heteroatoms. The van der Waals surface area contributed by atoms with Crippen molar-refractivity contribution in [2.24, 2.45) is 0 Å². The van der Waals surface area contributed by atoms with Gasteiger partial charge in [-0.25, -0.2) is 0 Å². The van der Waals surface area contributed by atoms with Gasteiger partial charge in [0.1, 0.15) is 0 Å². The Morgan fingerprint density at radius 2 is 2.71 bits per heavy atom. The van der Waals surface area contributed by atoms with Gasteiger partial charge < -0.3 is 10.4 Å². The highest BCUT2D eigenvalue weighted by Gasteiger charge is 2.10. The van der Waals surface area contributed by atoms with Crippen molar-refractivity contribution in [2.45, 2.75) is 18.9 Å². The van der Waals surface area contributed by atoms with Crippen LogP contribution in [0, 0.1) is 0 Å². The molecule has 0 unspecified atom stereocenters. The Morgan fingerprint density at radius 3 is 3.00 bits per heavy atom. The average molecular weight is 103 g/mol. The van der Waals surface area contributed by atoms with E-state index in [4.69, 9.17) is 5.11 Å².